The lowest BCUT2D eigenvalue weighted by Crippen LogP contribution is -2.49. The predicted molar refractivity (Wildman–Crippen MR) is 225 cm³/mol. The summed E-state index contributed by atoms with van der Waals surface area (Å²) in [6.45, 7) is 6.28. The van der Waals surface area contributed by atoms with Gasteiger partial charge in [-0.3, -0.25) is 9.59 Å². The molecule has 2 aliphatic rings. The quantitative estimate of drug-likeness (QED) is 0.126. The van der Waals surface area contributed by atoms with E-state index in [-0.39, 0.29) is 17.8 Å². The highest BCUT2D eigenvalue weighted by Crippen LogP contribution is 2.32. The summed E-state index contributed by atoms with van der Waals surface area (Å²) < 4.78 is 7.21. The van der Waals surface area contributed by atoms with Gasteiger partial charge in [-0.05, 0) is 31.0 Å². The third-order valence-corrected chi connectivity index (χ3v) is 10.7. The second-order valence-corrected chi connectivity index (χ2v) is 14.6. The van der Waals surface area contributed by atoms with Gasteiger partial charge in [-0.15, -0.1) is 0 Å². The van der Waals surface area contributed by atoms with Crippen LogP contribution in [0.5, 0.6) is 0 Å². The molecule has 8 heterocycles. The first kappa shape index (κ1) is 38.9. The Morgan fingerprint density at radius 1 is 0.721 bits per heavy atom. The predicted octanol–water partition coefficient (Wildman–Crippen LogP) is 1.13. The molecule has 7 N–H and O–H groups in total. The molecule has 0 saturated carbocycles. The minimum absolute atomic E-state index is 0.0861. The van der Waals surface area contributed by atoms with E-state index in [1.807, 2.05) is 17.0 Å². The lowest BCUT2D eigenvalue weighted by Gasteiger charge is -2.35. The van der Waals surface area contributed by atoms with Gasteiger partial charge in [0.25, 0.3) is 17.8 Å². The number of rotatable bonds is 12. The van der Waals surface area contributed by atoms with Crippen molar-refractivity contribution in [1.82, 2.24) is 64.9 Å². The van der Waals surface area contributed by atoms with E-state index in [1.54, 1.807) is 40.4 Å². The highest BCUT2D eigenvalue weighted by Gasteiger charge is 2.26. The van der Waals surface area contributed by atoms with E-state index in [9.17, 15) is 9.59 Å². The highest BCUT2D eigenvalue weighted by atomic mass is 16.4. The van der Waals surface area contributed by atoms with Crippen LogP contribution in [0.25, 0.3) is 33.4 Å². The Kier molecular flexibility index (Phi) is 10.8. The van der Waals surface area contributed by atoms with Crippen molar-refractivity contribution in [3.63, 3.8) is 0 Å². The average molecular weight is 826 g/mol. The molecule has 312 valence electrons. The standard InChI is InChI=1S/C39H43N19O3/c40-16-24-17-44-37(45-18-24)56-11-13-57(14-12-56)39-48-21-27(22-49-39)35(60)54-7-9-55(10-8-54)38-46-19-26(20-47-38)34(59)43-5-1-2-6-58-33-30(32(41)50-23-51-33)31(53-58)25-3-4-29-28(15-25)52-36(42)61-29/h3-4,15,17-23H,1-2,5-14,16,40H2,(H2,42,52)(H,43,59)(H2,41,50,51). The van der Waals surface area contributed by atoms with E-state index in [0.717, 1.165) is 24.2 Å². The molecule has 0 atom stereocenters. The first-order chi connectivity index (χ1) is 29.8. The molecule has 61 heavy (non-hydrogen) atoms. The summed E-state index contributed by atoms with van der Waals surface area (Å²) >= 11 is 0. The van der Waals surface area contributed by atoms with Gasteiger partial charge in [0.2, 0.25) is 17.8 Å². The van der Waals surface area contributed by atoms with Crippen molar-refractivity contribution in [2.24, 2.45) is 5.73 Å². The minimum atomic E-state index is -0.266. The van der Waals surface area contributed by atoms with Crippen LogP contribution in [0.3, 0.4) is 0 Å². The number of unbranched alkanes of at least 4 members (excludes halogenated alkanes) is 1. The van der Waals surface area contributed by atoms with Crippen LogP contribution in [0.2, 0.25) is 0 Å². The Morgan fingerprint density at radius 2 is 1.33 bits per heavy atom. The summed E-state index contributed by atoms with van der Waals surface area (Å²) in [7, 11) is 0. The van der Waals surface area contributed by atoms with Crippen LogP contribution in [0.4, 0.5) is 29.7 Å². The van der Waals surface area contributed by atoms with E-state index in [0.29, 0.717) is 134 Å². The van der Waals surface area contributed by atoms with Crippen molar-refractivity contribution in [2.45, 2.75) is 25.9 Å². The number of oxazole rings is 1. The second kappa shape index (κ2) is 16.9. The maximum atomic E-state index is 13.3. The molecule has 0 aliphatic carbocycles. The third kappa shape index (κ3) is 8.19. The summed E-state index contributed by atoms with van der Waals surface area (Å²) in [5.74, 6) is 1.68. The highest BCUT2D eigenvalue weighted by molar-refractivity contribution is 5.99. The zero-order chi connectivity index (χ0) is 41.9. The number of nitrogen functional groups attached to an aromatic ring is 2. The number of amides is 2. The fraction of sp³-hybridized carbons (Fsp3) is 0.333. The van der Waals surface area contributed by atoms with Crippen molar-refractivity contribution in [3.8, 4) is 11.3 Å². The SMILES string of the molecule is NCc1cnc(N2CCN(c3ncc(C(=O)N4CCN(c5ncc(C(=O)NCCCCn6nc(-c7ccc8oc(N)nc8c7)c7c(N)ncnc76)cn5)CC4)cn3)CC2)nc1. The molecule has 2 amide bonds. The van der Waals surface area contributed by atoms with E-state index in [4.69, 9.17) is 26.7 Å². The number of aromatic nitrogens is 11. The minimum Gasteiger partial charge on any atom is -0.424 e. The van der Waals surface area contributed by atoms with Crippen LogP contribution in [0.15, 0.2) is 66.1 Å². The maximum Gasteiger partial charge on any atom is 0.292 e. The smallest absolute Gasteiger partial charge is 0.292 e. The summed E-state index contributed by atoms with van der Waals surface area (Å²) in [5.41, 5.74) is 22.5. The van der Waals surface area contributed by atoms with Gasteiger partial charge in [-0.1, -0.05) is 0 Å². The van der Waals surface area contributed by atoms with Crippen LogP contribution < -0.4 is 37.2 Å². The Bertz CT molecular complexity index is 2650. The molecule has 0 unspecified atom stereocenters. The summed E-state index contributed by atoms with van der Waals surface area (Å²) in [4.78, 5) is 73.9. The Hall–Kier alpha value is -7.62. The maximum absolute atomic E-state index is 13.3. The average Bonchev–Trinajstić information content (AvgIpc) is 3.88. The zero-order valence-corrected chi connectivity index (χ0v) is 33.1. The Labute approximate surface area is 348 Å². The summed E-state index contributed by atoms with van der Waals surface area (Å²) in [6, 6.07) is 5.58. The fourth-order valence-corrected chi connectivity index (χ4v) is 7.38. The largest absolute Gasteiger partial charge is 0.424 e. The van der Waals surface area contributed by atoms with Gasteiger partial charge in [0.1, 0.15) is 23.4 Å². The van der Waals surface area contributed by atoms with E-state index >= 15 is 0 Å². The first-order valence-electron chi connectivity index (χ1n) is 19.9. The van der Waals surface area contributed by atoms with Gasteiger partial charge in [-0.2, -0.15) is 10.1 Å². The lowest BCUT2D eigenvalue weighted by atomic mass is 10.1. The summed E-state index contributed by atoms with van der Waals surface area (Å²) in [6.07, 6.45) is 12.5. The van der Waals surface area contributed by atoms with Gasteiger partial charge in [0.15, 0.2) is 11.2 Å². The number of nitrogens with zero attached hydrogens (tertiary/aromatic N) is 15. The van der Waals surface area contributed by atoms with Gasteiger partial charge >= 0.3 is 0 Å². The molecule has 2 saturated heterocycles. The Balaban J connectivity index is 0.717. The summed E-state index contributed by atoms with van der Waals surface area (Å²) in [5, 5.41) is 8.41. The first-order valence-corrected chi connectivity index (χ1v) is 19.9. The molecule has 2 fully saturated rings. The third-order valence-electron chi connectivity index (χ3n) is 10.7. The van der Waals surface area contributed by atoms with Crippen LogP contribution >= 0.6 is 0 Å². The molecule has 22 nitrogen and oxygen atoms in total. The molecule has 0 radical (unpaired) electrons. The molecule has 2 aliphatic heterocycles. The van der Waals surface area contributed by atoms with E-state index < -0.39 is 0 Å². The van der Waals surface area contributed by atoms with Crippen LogP contribution in [-0.4, -0.2) is 130 Å². The number of aryl methyl sites for hydroxylation is 1. The number of anilines is 5. The monoisotopic (exact) mass is 825 g/mol. The molecule has 7 aromatic rings. The molecule has 22 heteroatoms. The number of carbonyl (C=O) groups excluding carboxylic acids is 2. The number of fused-ring (bicyclic) bond motifs is 2. The number of hydrogen-bond donors (Lipinski definition) is 4. The number of hydrogen-bond acceptors (Lipinski definition) is 19. The van der Waals surface area contributed by atoms with E-state index in [1.165, 1.54) is 18.7 Å². The fourth-order valence-electron chi connectivity index (χ4n) is 7.38. The van der Waals surface area contributed by atoms with E-state index in [2.05, 4.69) is 60.0 Å². The molecule has 9 rings (SSSR count). The van der Waals surface area contributed by atoms with Crippen molar-refractivity contribution < 1.29 is 14.0 Å². The van der Waals surface area contributed by atoms with Gasteiger partial charge < -0.3 is 46.5 Å². The second-order valence-electron chi connectivity index (χ2n) is 14.6. The number of benzene rings is 1. The number of carbonyl (C=O) groups is 2. The normalized spacial score (nSPS) is 14.6. The van der Waals surface area contributed by atoms with Crippen LogP contribution in [0, 0.1) is 0 Å². The van der Waals surface area contributed by atoms with Gasteiger partial charge in [0.05, 0.1) is 16.5 Å². The van der Waals surface area contributed by atoms with Crippen molar-refractivity contribution >= 4 is 63.6 Å². The van der Waals surface area contributed by atoms with Crippen molar-refractivity contribution in [1.29, 1.82) is 0 Å². The topological polar surface area (TPSA) is 284 Å². The Morgan fingerprint density at radius 3 is 1.97 bits per heavy atom. The molecule has 0 bridgehead atoms. The lowest BCUT2D eigenvalue weighted by molar-refractivity contribution is 0.0745. The zero-order valence-electron chi connectivity index (χ0n) is 33.1. The van der Waals surface area contributed by atoms with Crippen LogP contribution in [-0.2, 0) is 13.1 Å². The molecular weight excluding hydrogens is 783 g/mol. The van der Waals surface area contributed by atoms with Gasteiger partial charge in [0, 0.05) is 120 Å². The number of nitrogens with one attached hydrogen (secondary N) is 1. The van der Waals surface area contributed by atoms with Gasteiger partial charge in [-0.25, -0.2) is 44.6 Å². The molecule has 0 spiro atoms. The molecular formula is C39H43N19O3. The number of nitrogens with two attached hydrogens (primary N) is 3. The molecule has 1 aromatic carbocycles. The van der Waals surface area contributed by atoms with Crippen molar-refractivity contribution in [3.05, 3.63) is 78.4 Å². The number of piperazine rings is 2. The van der Waals surface area contributed by atoms with Crippen LogP contribution in [0.1, 0.15) is 39.1 Å². The van der Waals surface area contributed by atoms with Crippen molar-refractivity contribution in [2.75, 3.05) is 85.1 Å². The molecule has 6 aromatic heterocycles.